The number of hydrogen-bond donors (Lipinski definition) is 1. The summed E-state index contributed by atoms with van der Waals surface area (Å²) in [6.07, 6.45) is 12.5. The molecule has 1 atom stereocenters. The zero-order valence-electron chi connectivity index (χ0n) is 13.7. The van der Waals surface area contributed by atoms with Crippen molar-refractivity contribution in [1.29, 1.82) is 0 Å². The van der Waals surface area contributed by atoms with Gasteiger partial charge in [0, 0.05) is 5.54 Å². The van der Waals surface area contributed by atoms with Crippen molar-refractivity contribution < 1.29 is 9.53 Å². The number of carbonyl (C=O) groups is 1. The average molecular weight is 283 g/mol. The van der Waals surface area contributed by atoms with Gasteiger partial charge in [-0.1, -0.05) is 45.4 Å². The van der Waals surface area contributed by atoms with Crippen LogP contribution in [0.2, 0.25) is 0 Å². The topological polar surface area (TPSA) is 38.3 Å². The van der Waals surface area contributed by atoms with E-state index in [4.69, 9.17) is 4.74 Å². The second kappa shape index (κ2) is 9.38. The lowest BCUT2D eigenvalue weighted by Crippen LogP contribution is -2.46. The van der Waals surface area contributed by atoms with Gasteiger partial charge in [0.05, 0.1) is 12.5 Å². The maximum atomic E-state index is 12.1. The molecule has 1 fully saturated rings. The molecule has 0 spiro atoms. The van der Waals surface area contributed by atoms with Crippen LogP contribution in [0.1, 0.15) is 84.5 Å². The van der Waals surface area contributed by atoms with Crippen LogP contribution in [0.5, 0.6) is 0 Å². The molecule has 0 saturated heterocycles. The standard InChI is InChI=1S/C17H33NO2/c1-4-5-6-8-11-15(2)20-16(19)14-17(18-3)12-9-7-10-13-17/h15,18H,4-14H2,1-3H3. The van der Waals surface area contributed by atoms with E-state index in [0.717, 1.165) is 19.3 Å². The minimum absolute atomic E-state index is 0.00271. The Morgan fingerprint density at radius 1 is 1.20 bits per heavy atom. The molecule has 0 bridgehead atoms. The van der Waals surface area contributed by atoms with Gasteiger partial charge in [0.25, 0.3) is 0 Å². The second-order valence-corrected chi connectivity index (χ2v) is 6.42. The van der Waals surface area contributed by atoms with Gasteiger partial charge >= 0.3 is 5.97 Å². The Morgan fingerprint density at radius 2 is 1.90 bits per heavy atom. The zero-order chi connectivity index (χ0) is 14.8. The number of unbranched alkanes of at least 4 members (excludes halogenated alkanes) is 3. The monoisotopic (exact) mass is 283 g/mol. The molecule has 0 aromatic heterocycles. The van der Waals surface area contributed by atoms with Gasteiger partial charge in [0.2, 0.25) is 0 Å². The Hall–Kier alpha value is -0.570. The molecule has 1 saturated carbocycles. The molecular weight excluding hydrogens is 250 g/mol. The van der Waals surface area contributed by atoms with Crippen molar-refractivity contribution in [2.45, 2.75) is 96.1 Å². The van der Waals surface area contributed by atoms with Crippen LogP contribution in [0.3, 0.4) is 0 Å². The van der Waals surface area contributed by atoms with Crippen LogP contribution >= 0.6 is 0 Å². The van der Waals surface area contributed by atoms with Gasteiger partial charge < -0.3 is 10.1 Å². The molecule has 0 aromatic rings. The van der Waals surface area contributed by atoms with Crippen molar-refractivity contribution in [2.24, 2.45) is 0 Å². The average Bonchev–Trinajstić information content (AvgIpc) is 2.44. The molecule has 0 aromatic carbocycles. The van der Waals surface area contributed by atoms with Crippen LogP contribution in [-0.4, -0.2) is 24.7 Å². The van der Waals surface area contributed by atoms with Gasteiger partial charge in [-0.15, -0.1) is 0 Å². The van der Waals surface area contributed by atoms with E-state index in [1.54, 1.807) is 0 Å². The summed E-state index contributed by atoms with van der Waals surface area (Å²) in [5.74, 6) is -0.0239. The summed E-state index contributed by atoms with van der Waals surface area (Å²) in [6, 6.07) is 0. The highest BCUT2D eigenvalue weighted by atomic mass is 16.5. The van der Waals surface area contributed by atoms with Gasteiger partial charge in [-0.05, 0) is 39.7 Å². The lowest BCUT2D eigenvalue weighted by molar-refractivity contribution is -0.150. The fourth-order valence-electron chi connectivity index (χ4n) is 3.20. The summed E-state index contributed by atoms with van der Waals surface area (Å²) >= 11 is 0. The predicted molar refractivity (Wildman–Crippen MR) is 83.8 cm³/mol. The summed E-state index contributed by atoms with van der Waals surface area (Å²) in [7, 11) is 1.98. The van der Waals surface area contributed by atoms with Gasteiger partial charge in [-0.2, -0.15) is 0 Å². The maximum absolute atomic E-state index is 12.1. The number of esters is 1. The van der Waals surface area contributed by atoms with Crippen molar-refractivity contribution >= 4 is 5.97 Å². The lowest BCUT2D eigenvalue weighted by atomic mass is 9.79. The Kier molecular flexibility index (Phi) is 8.20. The number of hydrogen-bond acceptors (Lipinski definition) is 3. The van der Waals surface area contributed by atoms with Crippen LogP contribution in [0, 0.1) is 0 Å². The van der Waals surface area contributed by atoms with Gasteiger partial charge in [0.1, 0.15) is 0 Å². The maximum Gasteiger partial charge on any atom is 0.307 e. The molecule has 0 radical (unpaired) electrons. The molecule has 1 aliphatic carbocycles. The van der Waals surface area contributed by atoms with Crippen LogP contribution in [0.4, 0.5) is 0 Å². The number of nitrogens with one attached hydrogen (secondary N) is 1. The summed E-state index contributed by atoms with van der Waals surface area (Å²) in [5, 5.41) is 3.38. The first-order chi connectivity index (χ1) is 9.62. The largest absolute Gasteiger partial charge is 0.463 e. The fraction of sp³-hybridized carbons (Fsp3) is 0.941. The molecule has 1 N–H and O–H groups in total. The van der Waals surface area contributed by atoms with Crippen molar-refractivity contribution in [3.05, 3.63) is 0 Å². The molecule has 20 heavy (non-hydrogen) atoms. The third-order valence-corrected chi connectivity index (χ3v) is 4.62. The first kappa shape index (κ1) is 17.5. The third kappa shape index (κ3) is 6.25. The quantitative estimate of drug-likeness (QED) is 0.509. The number of carbonyl (C=O) groups excluding carboxylic acids is 1. The van der Waals surface area contributed by atoms with E-state index >= 15 is 0 Å². The molecule has 1 unspecified atom stereocenters. The van der Waals surface area contributed by atoms with Crippen molar-refractivity contribution in [1.82, 2.24) is 5.32 Å². The van der Waals surface area contributed by atoms with Crippen LogP contribution in [0.25, 0.3) is 0 Å². The van der Waals surface area contributed by atoms with E-state index < -0.39 is 0 Å². The first-order valence-electron chi connectivity index (χ1n) is 8.50. The van der Waals surface area contributed by atoms with E-state index in [9.17, 15) is 4.79 Å². The molecule has 0 heterocycles. The van der Waals surface area contributed by atoms with Crippen LogP contribution in [-0.2, 0) is 9.53 Å². The first-order valence-corrected chi connectivity index (χ1v) is 8.50. The summed E-state index contributed by atoms with van der Waals surface area (Å²) in [6.45, 7) is 4.24. The second-order valence-electron chi connectivity index (χ2n) is 6.42. The van der Waals surface area contributed by atoms with Gasteiger partial charge in [-0.3, -0.25) is 4.79 Å². The van der Waals surface area contributed by atoms with Crippen molar-refractivity contribution in [3.8, 4) is 0 Å². The minimum Gasteiger partial charge on any atom is -0.463 e. The summed E-state index contributed by atoms with van der Waals surface area (Å²) in [4.78, 5) is 12.1. The molecule has 3 heteroatoms. The Labute approximate surface area is 124 Å². The predicted octanol–water partition coefficient (Wildman–Crippen LogP) is 4.20. The highest BCUT2D eigenvalue weighted by molar-refractivity contribution is 5.71. The van der Waals surface area contributed by atoms with Crippen molar-refractivity contribution in [3.63, 3.8) is 0 Å². The van der Waals surface area contributed by atoms with E-state index in [1.807, 2.05) is 14.0 Å². The molecule has 118 valence electrons. The summed E-state index contributed by atoms with van der Waals surface area (Å²) < 4.78 is 5.58. The van der Waals surface area contributed by atoms with E-state index in [-0.39, 0.29) is 17.6 Å². The Bertz CT molecular complexity index is 272. The van der Waals surface area contributed by atoms with Crippen LogP contribution in [0.15, 0.2) is 0 Å². The highest BCUT2D eigenvalue weighted by Gasteiger charge is 2.33. The summed E-state index contributed by atoms with van der Waals surface area (Å²) in [5.41, 5.74) is -0.00271. The molecule has 0 amide bonds. The molecular formula is C17H33NO2. The lowest BCUT2D eigenvalue weighted by Gasteiger charge is -2.36. The van der Waals surface area contributed by atoms with E-state index in [0.29, 0.717) is 6.42 Å². The fourth-order valence-corrected chi connectivity index (χ4v) is 3.20. The molecule has 1 rings (SSSR count). The zero-order valence-corrected chi connectivity index (χ0v) is 13.7. The Balaban J connectivity index is 2.27. The van der Waals surface area contributed by atoms with Gasteiger partial charge in [0.15, 0.2) is 0 Å². The third-order valence-electron chi connectivity index (χ3n) is 4.62. The molecule has 0 aliphatic heterocycles. The normalized spacial score (nSPS) is 19.6. The molecule has 3 nitrogen and oxygen atoms in total. The van der Waals surface area contributed by atoms with Gasteiger partial charge in [-0.25, -0.2) is 0 Å². The number of ether oxygens (including phenoxy) is 1. The molecule has 1 aliphatic rings. The van der Waals surface area contributed by atoms with Crippen LogP contribution < -0.4 is 5.32 Å². The van der Waals surface area contributed by atoms with E-state index in [2.05, 4.69) is 12.2 Å². The smallest absolute Gasteiger partial charge is 0.307 e. The highest BCUT2D eigenvalue weighted by Crippen LogP contribution is 2.31. The Morgan fingerprint density at radius 3 is 2.50 bits per heavy atom. The SMILES string of the molecule is CCCCCCC(C)OC(=O)CC1(NC)CCCCC1. The van der Waals surface area contributed by atoms with Crippen molar-refractivity contribution in [2.75, 3.05) is 7.05 Å². The van der Waals surface area contributed by atoms with E-state index in [1.165, 1.54) is 44.9 Å². The number of rotatable bonds is 9. The minimum atomic E-state index is -0.0239.